The Balaban J connectivity index is 2.12. The molecule has 2 rings (SSSR count). The lowest BCUT2D eigenvalue weighted by molar-refractivity contribution is 0.0636. The molecule has 1 fully saturated rings. The van der Waals surface area contributed by atoms with Crippen LogP contribution in [0, 0.1) is 5.41 Å². The lowest BCUT2D eigenvalue weighted by Gasteiger charge is -2.26. The number of nitrogen functional groups attached to an aromatic ring is 1. The third kappa shape index (κ3) is 5.32. The van der Waals surface area contributed by atoms with Gasteiger partial charge < -0.3 is 15.4 Å². The molecule has 1 heterocycles. The van der Waals surface area contributed by atoms with Gasteiger partial charge in [0.15, 0.2) is 0 Å². The number of anilines is 3. The molecule has 1 saturated heterocycles. The molecule has 134 valence electrons. The molecule has 0 atom stereocenters. The summed E-state index contributed by atoms with van der Waals surface area (Å²) < 4.78 is 5.31. The Kier molecular flexibility index (Phi) is 5.31. The minimum Gasteiger partial charge on any atom is -0.444 e. The van der Waals surface area contributed by atoms with Crippen LogP contribution in [0.2, 0.25) is 0 Å². The molecule has 0 radical (unpaired) electrons. The van der Waals surface area contributed by atoms with Crippen LogP contribution in [0.5, 0.6) is 0 Å². The van der Waals surface area contributed by atoms with E-state index in [9.17, 15) is 4.79 Å². The summed E-state index contributed by atoms with van der Waals surface area (Å²) in [5, 5.41) is 2.79. The zero-order valence-electron chi connectivity index (χ0n) is 15.6. The first-order valence-corrected chi connectivity index (χ1v) is 8.70. The third-order valence-corrected chi connectivity index (χ3v) is 4.36. The number of hydrogen-bond acceptors (Lipinski definition) is 4. The Morgan fingerprint density at radius 2 is 1.96 bits per heavy atom. The van der Waals surface area contributed by atoms with Crippen LogP contribution in [0.4, 0.5) is 21.9 Å². The molecule has 1 aliphatic heterocycles. The van der Waals surface area contributed by atoms with Crippen LogP contribution in [0.3, 0.4) is 0 Å². The van der Waals surface area contributed by atoms with E-state index in [1.165, 1.54) is 6.42 Å². The van der Waals surface area contributed by atoms with Crippen molar-refractivity contribution < 1.29 is 9.53 Å². The molecule has 1 aromatic carbocycles. The van der Waals surface area contributed by atoms with E-state index in [4.69, 9.17) is 10.5 Å². The standard InChI is InChI=1S/C19H31N3O2/c1-18(2,3)24-17(23)21-14-7-8-15(20)16(13-14)22-11-6-9-19(4,5)10-12-22/h7-8,13H,6,9-12,20H2,1-5H3,(H,21,23). The minimum absolute atomic E-state index is 0.371. The van der Waals surface area contributed by atoms with Crippen LogP contribution in [-0.2, 0) is 4.74 Å². The summed E-state index contributed by atoms with van der Waals surface area (Å²) in [6.07, 6.45) is 3.06. The number of carbonyl (C=O) groups is 1. The summed E-state index contributed by atoms with van der Waals surface area (Å²) in [6, 6.07) is 5.60. The smallest absolute Gasteiger partial charge is 0.412 e. The summed E-state index contributed by atoms with van der Waals surface area (Å²) in [7, 11) is 0. The Labute approximate surface area is 145 Å². The molecule has 3 N–H and O–H groups in total. The van der Waals surface area contributed by atoms with Crippen molar-refractivity contribution >= 4 is 23.2 Å². The Hall–Kier alpha value is -1.91. The van der Waals surface area contributed by atoms with Gasteiger partial charge in [-0.1, -0.05) is 13.8 Å². The molecule has 5 nitrogen and oxygen atoms in total. The van der Waals surface area contributed by atoms with Crippen molar-refractivity contribution in [1.82, 2.24) is 0 Å². The van der Waals surface area contributed by atoms with Crippen molar-refractivity contribution in [3.05, 3.63) is 18.2 Å². The highest BCUT2D eigenvalue weighted by atomic mass is 16.6. The molecule has 5 heteroatoms. The first-order valence-electron chi connectivity index (χ1n) is 8.70. The van der Waals surface area contributed by atoms with Gasteiger partial charge in [0.25, 0.3) is 0 Å². The van der Waals surface area contributed by atoms with Crippen molar-refractivity contribution in [1.29, 1.82) is 0 Å². The first-order chi connectivity index (χ1) is 11.1. The van der Waals surface area contributed by atoms with Crippen LogP contribution in [-0.4, -0.2) is 24.8 Å². The molecular weight excluding hydrogens is 302 g/mol. The molecule has 0 saturated carbocycles. The fourth-order valence-electron chi connectivity index (χ4n) is 2.98. The summed E-state index contributed by atoms with van der Waals surface area (Å²) in [6.45, 7) is 12.2. The molecule has 1 aliphatic rings. The monoisotopic (exact) mass is 333 g/mol. The minimum atomic E-state index is -0.517. The first kappa shape index (κ1) is 18.4. The number of ether oxygens (including phenoxy) is 1. The number of rotatable bonds is 2. The van der Waals surface area contributed by atoms with Gasteiger partial charge in [-0.15, -0.1) is 0 Å². The van der Waals surface area contributed by atoms with Crippen molar-refractivity contribution in [2.75, 3.05) is 29.0 Å². The molecule has 1 amide bonds. The molecule has 0 unspecified atom stereocenters. The van der Waals surface area contributed by atoms with Crippen molar-refractivity contribution in [3.8, 4) is 0 Å². The van der Waals surface area contributed by atoms with E-state index in [2.05, 4.69) is 24.1 Å². The van der Waals surface area contributed by atoms with Crippen molar-refractivity contribution in [2.24, 2.45) is 5.41 Å². The van der Waals surface area contributed by atoms with E-state index in [-0.39, 0.29) is 0 Å². The molecule has 1 aromatic rings. The zero-order chi connectivity index (χ0) is 18.0. The average molecular weight is 333 g/mol. The van der Waals surface area contributed by atoms with Crippen LogP contribution >= 0.6 is 0 Å². The summed E-state index contributed by atoms with van der Waals surface area (Å²) >= 11 is 0. The largest absolute Gasteiger partial charge is 0.444 e. The second-order valence-corrected chi connectivity index (χ2v) is 8.41. The SMILES string of the molecule is CC1(C)CCCN(c2cc(NC(=O)OC(C)(C)C)ccc2N)CC1. The molecule has 0 aromatic heterocycles. The Morgan fingerprint density at radius 3 is 2.62 bits per heavy atom. The topological polar surface area (TPSA) is 67.6 Å². The van der Waals surface area contributed by atoms with E-state index in [0.29, 0.717) is 11.1 Å². The second kappa shape index (κ2) is 6.91. The van der Waals surface area contributed by atoms with Crippen LogP contribution in [0.1, 0.15) is 53.9 Å². The average Bonchev–Trinajstić information content (AvgIpc) is 2.60. The summed E-state index contributed by atoms with van der Waals surface area (Å²) in [4.78, 5) is 14.3. The van der Waals surface area contributed by atoms with Gasteiger partial charge >= 0.3 is 6.09 Å². The van der Waals surface area contributed by atoms with E-state index in [1.807, 2.05) is 39.0 Å². The van der Waals surface area contributed by atoms with E-state index in [1.54, 1.807) is 0 Å². The summed E-state index contributed by atoms with van der Waals surface area (Å²) in [5.41, 5.74) is 8.47. The number of nitrogens with zero attached hydrogens (tertiary/aromatic N) is 1. The van der Waals surface area contributed by atoms with Gasteiger partial charge in [-0.2, -0.15) is 0 Å². The number of nitrogens with two attached hydrogens (primary N) is 1. The summed E-state index contributed by atoms with van der Waals surface area (Å²) in [5.74, 6) is 0. The van der Waals surface area contributed by atoms with Gasteiger partial charge in [0.1, 0.15) is 5.60 Å². The predicted octanol–water partition coefficient (Wildman–Crippen LogP) is 4.63. The lowest BCUT2D eigenvalue weighted by Crippen LogP contribution is -2.28. The van der Waals surface area contributed by atoms with E-state index < -0.39 is 11.7 Å². The van der Waals surface area contributed by atoms with Crippen LogP contribution in [0.25, 0.3) is 0 Å². The van der Waals surface area contributed by atoms with Gasteiger partial charge in [-0.3, -0.25) is 5.32 Å². The van der Waals surface area contributed by atoms with Crippen molar-refractivity contribution in [2.45, 2.75) is 59.5 Å². The Bertz CT molecular complexity index is 591. The number of carbonyl (C=O) groups excluding carboxylic acids is 1. The highest BCUT2D eigenvalue weighted by Gasteiger charge is 2.24. The van der Waals surface area contributed by atoms with E-state index >= 15 is 0 Å². The fraction of sp³-hybridized carbons (Fsp3) is 0.632. The third-order valence-electron chi connectivity index (χ3n) is 4.36. The number of amides is 1. The van der Waals surface area contributed by atoms with Crippen LogP contribution < -0.4 is 16.0 Å². The van der Waals surface area contributed by atoms with Crippen molar-refractivity contribution in [3.63, 3.8) is 0 Å². The van der Waals surface area contributed by atoms with Gasteiger partial charge in [0, 0.05) is 18.8 Å². The molecule has 0 aliphatic carbocycles. The van der Waals surface area contributed by atoms with Crippen LogP contribution in [0.15, 0.2) is 18.2 Å². The highest BCUT2D eigenvalue weighted by molar-refractivity contribution is 5.87. The lowest BCUT2D eigenvalue weighted by atomic mass is 9.85. The quantitative estimate of drug-likeness (QED) is 0.774. The maximum Gasteiger partial charge on any atom is 0.412 e. The number of benzene rings is 1. The zero-order valence-corrected chi connectivity index (χ0v) is 15.6. The Morgan fingerprint density at radius 1 is 1.25 bits per heavy atom. The van der Waals surface area contributed by atoms with E-state index in [0.717, 1.165) is 37.3 Å². The van der Waals surface area contributed by atoms with Gasteiger partial charge in [-0.05, 0) is 63.6 Å². The number of hydrogen-bond donors (Lipinski definition) is 2. The fourth-order valence-corrected chi connectivity index (χ4v) is 2.98. The predicted molar refractivity (Wildman–Crippen MR) is 101 cm³/mol. The number of nitrogens with one attached hydrogen (secondary N) is 1. The van der Waals surface area contributed by atoms with Gasteiger partial charge in [0.2, 0.25) is 0 Å². The van der Waals surface area contributed by atoms with Gasteiger partial charge in [0.05, 0.1) is 11.4 Å². The second-order valence-electron chi connectivity index (χ2n) is 8.41. The molecule has 0 spiro atoms. The molecule has 24 heavy (non-hydrogen) atoms. The molecular formula is C19H31N3O2. The maximum atomic E-state index is 12.0. The maximum absolute atomic E-state index is 12.0. The molecule has 0 bridgehead atoms. The highest BCUT2D eigenvalue weighted by Crippen LogP contribution is 2.34. The van der Waals surface area contributed by atoms with Gasteiger partial charge in [-0.25, -0.2) is 4.79 Å². The normalized spacial score (nSPS) is 18.0.